The van der Waals surface area contributed by atoms with E-state index in [1.807, 2.05) is 6.92 Å². The number of carbonyl (C=O) groups is 1. The Labute approximate surface area is 101 Å². The molecule has 5 nitrogen and oxygen atoms in total. The second-order valence-corrected chi connectivity index (χ2v) is 3.58. The highest BCUT2D eigenvalue weighted by Gasteiger charge is 2.10. The van der Waals surface area contributed by atoms with Crippen LogP contribution in [-0.4, -0.2) is 25.7 Å². The lowest BCUT2D eigenvalue weighted by molar-refractivity contribution is -0.117. The summed E-state index contributed by atoms with van der Waals surface area (Å²) in [4.78, 5) is 11.4. The molecule has 0 aliphatic carbocycles. The summed E-state index contributed by atoms with van der Waals surface area (Å²) in [7, 11) is 1.57. The van der Waals surface area contributed by atoms with Crippen LogP contribution in [0, 0.1) is 0 Å². The molecule has 94 valence electrons. The zero-order valence-electron chi connectivity index (χ0n) is 10.3. The molecule has 1 aromatic carbocycles. The lowest BCUT2D eigenvalue weighted by atomic mass is 10.2. The number of benzene rings is 1. The van der Waals surface area contributed by atoms with Crippen LogP contribution in [0.5, 0.6) is 11.5 Å². The highest BCUT2D eigenvalue weighted by Crippen LogP contribution is 2.30. The van der Waals surface area contributed by atoms with Gasteiger partial charge in [-0.1, -0.05) is 0 Å². The van der Waals surface area contributed by atoms with E-state index < -0.39 is 6.04 Å². The molecule has 5 heteroatoms. The molecular weight excluding hydrogens is 220 g/mol. The quantitative estimate of drug-likeness (QED) is 0.812. The minimum atomic E-state index is -0.548. The average molecular weight is 238 g/mol. The van der Waals surface area contributed by atoms with Crippen LogP contribution in [0.3, 0.4) is 0 Å². The van der Waals surface area contributed by atoms with Gasteiger partial charge < -0.3 is 20.5 Å². The molecule has 3 N–H and O–H groups in total. The monoisotopic (exact) mass is 238 g/mol. The van der Waals surface area contributed by atoms with Gasteiger partial charge in [0.25, 0.3) is 0 Å². The Kier molecular flexibility index (Phi) is 4.78. The predicted molar refractivity (Wildman–Crippen MR) is 66.4 cm³/mol. The molecule has 0 aliphatic rings. The van der Waals surface area contributed by atoms with Gasteiger partial charge in [-0.05, 0) is 26.0 Å². The molecule has 0 radical (unpaired) electrons. The zero-order valence-corrected chi connectivity index (χ0v) is 10.3. The molecule has 0 unspecified atom stereocenters. The van der Waals surface area contributed by atoms with Gasteiger partial charge in [0.05, 0.1) is 19.8 Å². The predicted octanol–water partition coefficient (Wildman–Crippen LogP) is 1.38. The molecule has 0 aromatic heterocycles. The van der Waals surface area contributed by atoms with E-state index in [4.69, 9.17) is 15.2 Å². The number of hydrogen-bond acceptors (Lipinski definition) is 4. The third kappa shape index (κ3) is 3.64. The van der Waals surface area contributed by atoms with Gasteiger partial charge in [-0.25, -0.2) is 0 Å². The number of methoxy groups -OCH3 is 1. The van der Waals surface area contributed by atoms with Gasteiger partial charge in [0.15, 0.2) is 11.5 Å². The summed E-state index contributed by atoms with van der Waals surface area (Å²) < 4.78 is 10.5. The first-order valence-electron chi connectivity index (χ1n) is 5.45. The number of ether oxygens (including phenoxy) is 2. The summed E-state index contributed by atoms with van der Waals surface area (Å²) >= 11 is 0. The van der Waals surface area contributed by atoms with E-state index in [1.165, 1.54) is 0 Å². The number of carbonyl (C=O) groups excluding carboxylic acids is 1. The van der Waals surface area contributed by atoms with Crippen molar-refractivity contribution in [1.82, 2.24) is 0 Å². The van der Waals surface area contributed by atoms with E-state index in [0.717, 1.165) is 0 Å². The van der Waals surface area contributed by atoms with Gasteiger partial charge in [-0.3, -0.25) is 4.79 Å². The topological polar surface area (TPSA) is 73.6 Å². The molecule has 0 bridgehead atoms. The maximum Gasteiger partial charge on any atom is 0.241 e. The molecule has 1 aromatic rings. The van der Waals surface area contributed by atoms with Crippen molar-refractivity contribution in [2.45, 2.75) is 19.9 Å². The Morgan fingerprint density at radius 1 is 1.47 bits per heavy atom. The highest BCUT2D eigenvalue weighted by atomic mass is 16.5. The van der Waals surface area contributed by atoms with Crippen LogP contribution in [0.15, 0.2) is 18.2 Å². The third-order valence-electron chi connectivity index (χ3n) is 2.14. The van der Waals surface area contributed by atoms with E-state index in [9.17, 15) is 4.79 Å². The summed E-state index contributed by atoms with van der Waals surface area (Å²) in [6, 6.07) is 4.64. The maximum absolute atomic E-state index is 11.4. The first-order chi connectivity index (χ1) is 8.08. The van der Waals surface area contributed by atoms with Crippen molar-refractivity contribution < 1.29 is 14.3 Å². The Hall–Kier alpha value is -1.75. The molecule has 17 heavy (non-hydrogen) atoms. The fraction of sp³-hybridized carbons (Fsp3) is 0.417. The van der Waals surface area contributed by atoms with Crippen molar-refractivity contribution in [2.24, 2.45) is 5.73 Å². The number of nitrogens with one attached hydrogen (secondary N) is 1. The van der Waals surface area contributed by atoms with Gasteiger partial charge in [0.2, 0.25) is 5.91 Å². The van der Waals surface area contributed by atoms with E-state index in [0.29, 0.717) is 23.8 Å². The van der Waals surface area contributed by atoms with Crippen LogP contribution in [0.4, 0.5) is 5.69 Å². The number of nitrogens with two attached hydrogens (primary N) is 1. The van der Waals surface area contributed by atoms with Crippen molar-refractivity contribution in [3.63, 3.8) is 0 Å². The third-order valence-corrected chi connectivity index (χ3v) is 2.14. The summed E-state index contributed by atoms with van der Waals surface area (Å²) in [6.45, 7) is 4.04. The number of amides is 1. The van der Waals surface area contributed by atoms with Crippen molar-refractivity contribution in [3.05, 3.63) is 18.2 Å². The summed E-state index contributed by atoms with van der Waals surface area (Å²) in [5.41, 5.74) is 6.10. The van der Waals surface area contributed by atoms with E-state index in [1.54, 1.807) is 32.2 Å². The minimum Gasteiger partial charge on any atom is -0.493 e. The molecule has 0 spiro atoms. The molecule has 0 fully saturated rings. The molecule has 0 saturated heterocycles. The SMILES string of the molecule is CCOc1cc(NC(=O)[C@@H](C)N)ccc1OC. The lowest BCUT2D eigenvalue weighted by Gasteiger charge is -2.12. The van der Waals surface area contributed by atoms with Crippen LogP contribution in [-0.2, 0) is 4.79 Å². The molecule has 1 rings (SSSR count). The van der Waals surface area contributed by atoms with Crippen LogP contribution in [0.2, 0.25) is 0 Å². The van der Waals surface area contributed by atoms with E-state index in [-0.39, 0.29) is 5.91 Å². The van der Waals surface area contributed by atoms with Crippen LogP contribution in [0.25, 0.3) is 0 Å². The van der Waals surface area contributed by atoms with Gasteiger partial charge in [-0.2, -0.15) is 0 Å². The van der Waals surface area contributed by atoms with Gasteiger partial charge >= 0.3 is 0 Å². The normalized spacial score (nSPS) is 11.8. The second-order valence-electron chi connectivity index (χ2n) is 3.58. The van der Waals surface area contributed by atoms with Crippen molar-refractivity contribution >= 4 is 11.6 Å². The van der Waals surface area contributed by atoms with Crippen LogP contribution in [0.1, 0.15) is 13.8 Å². The Balaban J connectivity index is 2.88. The Morgan fingerprint density at radius 2 is 2.18 bits per heavy atom. The first kappa shape index (κ1) is 13.3. The zero-order chi connectivity index (χ0) is 12.8. The largest absolute Gasteiger partial charge is 0.493 e. The highest BCUT2D eigenvalue weighted by molar-refractivity contribution is 5.94. The fourth-order valence-corrected chi connectivity index (χ4v) is 1.28. The second kappa shape index (κ2) is 6.10. The molecule has 1 atom stereocenters. The van der Waals surface area contributed by atoms with Gasteiger partial charge in [-0.15, -0.1) is 0 Å². The van der Waals surface area contributed by atoms with Crippen molar-refractivity contribution in [3.8, 4) is 11.5 Å². The number of hydrogen-bond donors (Lipinski definition) is 2. The minimum absolute atomic E-state index is 0.238. The van der Waals surface area contributed by atoms with Crippen molar-refractivity contribution in [1.29, 1.82) is 0 Å². The first-order valence-corrected chi connectivity index (χ1v) is 5.45. The average Bonchev–Trinajstić information content (AvgIpc) is 2.29. The summed E-state index contributed by atoms with van der Waals surface area (Å²) in [5.74, 6) is 0.987. The number of rotatable bonds is 5. The Bertz CT molecular complexity index is 391. The van der Waals surface area contributed by atoms with Gasteiger partial charge in [0, 0.05) is 11.8 Å². The molecule has 0 saturated carbocycles. The lowest BCUT2D eigenvalue weighted by Crippen LogP contribution is -2.32. The maximum atomic E-state index is 11.4. The van der Waals surface area contributed by atoms with Crippen LogP contribution >= 0.6 is 0 Å². The summed E-state index contributed by atoms with van der Waals surface area (Å²) in [5, 5.41) is 2.69. The summed E-state index contributed by atoms with van der Waals surface area (Å²) in [6.07, 6.45) is 0. The van der Waals surface area contributed by atoms with E-state index >= 15 is 0 Å². The Morgan fingerprint density at radius 3 is 2.71 bits per heavy atom. The van der Waals surface area contributed by atoms with Crippen LogP contribution < -0.4 is 20.5 Å². The standard InChI is InChI=1S/C12H18N2O3/c1-4-17-11-7-9(5-6-10(11)16-3)14-12(15)8(2)13/h5-8H,4,13H2,1-3H3,(H,14,15)/t8-/m1/s1. The fourth-order valence-electron chi connectivity index (χ4n) is 1.28. The van der Waals surface area contributed by atoms with E-state index in [2.05, 4.69) is 5.32 Å². The molecule has 1 amide bonds. The smallest absolute Gasteiger partial charge is 0.241 e. The van der Waals surface area contributed by atoms with Gasteiger partial charge in [0.1, 0.15) is 0 Å². The molecule has 0 heterocycles. The molecular formula is C12H18N2O3. The molecule has 0 aliphatic heterocycles. The number of anilines is 1. The van der Waals surface area contributed by atoms with Crippen molar-refractivity contribution in [2.75, 3.05) is 19.0 Å².